The highest BCUT2D eigenvalue weighted by atomic mass is 35.5. The standard InChI is InChI=1S/C21H27ClN2O2S/c1-20(2,3)14-21(4,5)15-6-8-16(9-7-15)26-13-19(25)24-23-12-17-10-11-18(22)27-17/h6-12H,13-14H2,1-5H3,(H,24,25)/b23-12-. The second-order valence-corrected chi connectivity index (χ2v) is 10.1. The van der Waals surface area contributed by atoms with Gasteiger partial charge in [-0.1, -0.05) is 58.4 Å². The van der Waals surface area contributed by atoms with Crippen LogP contribution >= 0.6 is 22.9 Å². The summed E-state index contributed by atoms with van der Waals surface area (Å²) in [4.78, 5) is 12.7. The van der Waals surface area contributed by atoms with Gasteiger partial charge in [-0.25, -0.2) is 5.43 Å². The number of hydrazone groups is 1. The van der Waals surface area contributed by atoms with Crippen molar-refractivity contribution in [3.05, 3.63) is 51.2 Å². The molecule has 1 aromatic heterocycles. The van der Waals surface area contributed by atoms with Gasteiger partial charge in [-0.2, -0.15) is 5.10 Å². The molecule has 0 aliphatic heterocycles. The van der Waals surface area contributed by atoms with E-state index in [0.717, 1.165) is 11.3 Å². The Balaban J connectivity index is 1.84. The van der Waals surface area contributed by atoms with Crippen LogP contribution in [0.3, 0.4) is 0 Å². The summed E-state index contributed by atoms with van der Waals surface area (Å²) in [5.74, 6) is 0.348. The largest absolute Gasteiger partial charge is 0.484 e. The predicted octanol–water partition coefficient (Wildman–Crippen LogP) is 5.64. The van der Waals surface area contributed by atoms with E-state index in [4.69, 9.17) is 16.3 Å². The molecular formula is C21H27ClN2O2S. The van der Waals surface area contributed by atoms with Crippen LogP contribution in [0.4, 0.5) is 0 Å². The van der Waals surface area contributed by atoms with E-state index < -0.39 is 0 Å². The number of ether oxygens (including phenoxy) is 1. The van der Waals surface area contributed by atoms with Crippen LogP contribution in [0.5, 0.6) is 5.75 Å². The highest BCUT2D eigenvalue weighted by Gasteiger charge is 2.27. The van der Waals surface area contributed by atoms with Gasteiger partial charge in [-0.3, -0.25) is 4.79 Å². The average molecular weight is 407 g/mol. The first-order chi connectivity index (χ1) is 12.5. The van der Waals surface area contributed by atoms with Crippen molar-refractivity contribution in [2.45, 2.75) is 46.5 Å². The molecule has 2 aromatic rings. The first kappa shape index (κ1) is 21.5. The molecule has 1 N–H and O–H groups in total. The maximum Gasteiger partial charge on any atom is 0.277 e. The summed E-state index contributed by atoms with van der Waals surface area (Å²) >= 11 is 7.23. The SMILES string of the molecule is CC(C)(C)CC(C)(C)c1ccc(OCC(=O)N/N=C\c2ccc(Cl)s2)cc1. The van der Waals surface area contributed by atoms with Crippen LogP contribution in [-0.4, -0.2) is 18.7 Å². The van der Waals surface area contributed by atoms with Crippen LogP contribution in [0.15, 0.2) is 41.5 Å². The Bertz CT molecular complexity index is 789. The third-order valence-electron chi connectivity index (χ3n) is 3.95. The number of rotatable bonds is 7. The van der Waals surface area contributed by atoms with Gasteiger partial charge in [0.15, 0.2) is 6.61 Å². The lowest BCUT2D eigenvalue weighted by atomic mass is 9.72. The van der Waals surface area contributed by atoms with E-state index in [1.165, 1.54) is 16.9 Å². The van der Waals surface area contributed by atoms with Crippen molar-refractivity contribution < 1.29 is 9.53 Å². The summed E-state index contributed by atoms with van der Waals surface area (Å²) in [5.41, 5.74) is 4.03. The molecule has 0 radical (unpaired) electrons. The third kappa shape index (κ3) is 7.35. The summed E-state index contributed by atoms with van der Waals surface area (Å²) in [7, 11) is 0. The van der Waals surface area contributed by atoms with Crippen molar-refractivity contribution in [1.29, 1.82) is 0 Å². The van der Waals surface area contributed by atoms with E-state index in [1.54, 1.807) is 12.3 Å². The molecule has 1 amide bonds. The van der Waals surface area contributed by atoms with E-state index in [0.29, 0.717) is 10.1 Å². The maximum absolute atomic E-state index is 11.8. The Morgan fingerprint density at radius 1 is 1.15 bits per heavy atom. The molecule has 4 nitrogen and oxygen atoms in total. The van der Waals surface area contributed by atoms with Crippen molar-refractivity contribution in [3.63, 3.8) is 0 Å². The smallest absolute Gasteiger partial charge is 0.277 e. The number of amides is 1. The number of hydrogen-bond acceptors (Lipinski definition) is 4. The van der Waals surface area contributed by atoms with Gasteiger partial charge in [0.2, 0.25) is 0 Å². The van der Waals surface area contributed by atoms with Gasteiger partial charge in [-0.15, -0.1) is 11.3 Å². The number of nitrogens with zero attached hydrogens (tertiary/aromatic N) is 1. The second-order valence-electron chi connectivity index (χ2n) is 8.37. The minimum Gasteiger partial charge on any atom is -0.484 e. The number of halogens is 1. The Labute approximate surface area is 170 Å². The molecule has 146 valence electrons. The Kier molecular flexibility index (Phi) is 7.06. The quantitative estimate of drug-likeness (QED) is 0.477. The second kappa shape index (κ2) is 8.89. The van der Waals surface area contributed by atoms with Crippen LogP contribution in [0.25, 0.3) is 0 Å². The molecular weight excluding hydrogens is 380 g/mol. The number of carbonyl (C=O) groups excluding carboxylic acids is 1. The molecule has 6 heteroatoms. The number of benzene rings is 1. The van der Waals surface area contributed by atoms with Gasteiger partial charge >= 0.3 is 0 Å². The molecule has 0 aliphatic rings. The lowest BCUT2D eigenvalue weighted by Gasteiger charge is -2.33. The molecule has 1 heterocycles. The molecule has 1 aromatic carbocycles. The Morgan fingerprint density at radius 2 is 1.81 bits per heavy atom. The molecule has 0 bridgehead atoms. The van der Waals surface area contributed by atoms with Gasteiger partial charge in [0.1, 0.15) is 5.75 Å². The van der Waals surface area contributed by atoms with Gasteiger partial charge in [-0.05, 0) is 47.1 Å². The highest BCUT2D eigenvalue weighted by molar-refractivity contribution is 7.17. The number of carbonyl (C=O) groups is 1. The van der Waals surface area contributed by atoms with Crippen molar-refractivity contribution in [2.24, 2.45) is 10.5 Å². The fourth-order valence-electron chi connectivity index (χ4n) is 3.18. The fraction of sp³-hybridized carbons (Fsp3) is 0.429. The van der Waals surface area contributed by atoms with Gasteiger partial charge in [0.25, 0.3) is 5.91 Å². The fourth-order valence-corrected chi connectivity index (χ4v) is 4.11. The summed E-state index contributed by atoms with van der Waals surface area (Å²) in [6, 6.07) is 11.6. The monoisotopic (exact) mass is 406 g/mol. The normalized spacial score (nSPS) is 12.4. The first-order valence-electron chi connectivity index (χ1n) is 8.86. The lowest BCUT2D eigenvalue weighted by molar-refractivity contribution is -0.123. The van der Waals surface area contributed by atoms with E-state index in [2.05, 4.69) is 57.3 Å². The van der Waals surface area contributed by atoms with Crippen LogP contribution < -0.4 is 10.2 Å². The Hall–Kier alpha value is -1.85. The molecule has 0 saturated carbocycles. The summed E-state index contributed by atoms with van der Waals surface area (Å²) in [5, 5.41) is 3.89. The minimum absolute atomic E-state index is 0.0769. The zero-order valence-electron chi connectivity index (χ0n) is 16.5. The number of nitrogens with one attached hydrogen (secondary N) is 1. The molecule has 0 atom stereocenters. The summed E-state index contributed by atoms with van der Waals surface area (Å²) in [6.45, 7) is 11.2. The molecule has 27 heavy (non-hydrogen) atoms. The molecule has 0 fully saturated rings. The first-order valence-corrected chi connectivity index (χ1v) is 10.1. The Morgan fingerprint density at radius 3 is 2.37 bits per heavy atom. The van der Waals surface area contributed by atoms with Crippen LogP contribution in [0, 0.1) is 5.41 Å². The van der Waals surface area contributed by atoms with E-state index in [1.807, 2.05) is 18.2 Å². The van der Waals surface area contributed by atoms with Crippen LogP contribution in [-0.2, 0) is 10.2 Å². The molecule has 0 spiro atoms. The molecule has 0 aliphatic carbocycles. The highest BCUT2D eigenvalue weighted by Crippen LogP contribution is 2.36. The maximum atomic E-state index is 11.8. The molecule has 0 unspecified atom stereocenters. The topological polar surface area (TPSA) is 50.7 Å². The van der Waals surface area contributed by atoms with E-state index in [9.17, 15) is 4.79 Å². The number of thiophene rings is 1. The van der Waals surface area contributed by atoms with Gasteiger partial charge in [0.05, 0.1) is 10.6 Å². The number of hydrogen-bond donors (Lipinski definition) is 1. The summed E-state index contributed by atoms with van der Waals surface area (Å²) < 4.78 is 6.22. The van der Waals surface area contributed by atoms with Gasteiger partial charge in [0, 0.05) is 4.88 Å². The summed E-state index contributed by atoms with van der Waals surface area (Å²) in [6.07, 6.45) is 2.64. The lowest BCUT2D eigenvalue weighted by Crippen LogP contribution is -2.25. The zero-order chi connectivity index (χ0) is 20.1. The molecule has 0 saturated heterocycles. The van der Waals surface area contributed by atoms with Gasteiger partial charge < -0.3 is 4.74 Å². The van der Waals surface area contributed by atoms with Crippen molar-refractivity contribution in [1.82, 2.24) is 5.43 Å². The molecule has 2 rings (SSSR count). The average Bonchev–Trinajstić information content (AvgIpc) is 2.96. The van der Waals surface area contributed by atoms with Crippen LogP contribution in [0.2, 0.25) is 4.34 Å². The van der Waals surface area contributed by atoms with E-state index in [-0.39, 0.29) is 23.3 Å². The third-order valence-corrected chi connectivity index (χ3v) is 5.12. The van der Waals surface area contributed by atoms with Crippen molar-refractivity contribution >= 4 is 35.1 Å². The minimum atomic E-state index is -0.314. The van der Waals surface area contributed by atoms with Crippen molar-refractivity contribution in [3.8, 4) is 5.75 Å². The van der Waals surface area contributed by atoms with Crippen LogP contribution in [0.1, 0.15) is 51.5 Å². The van der Waals surface area contributed by atoms with Crippen molar-refractivity contribution in [2.75, 3.05) is 6.61 Å². The zero-order valence-corrected chi connectivity index (χ0v) is 18.1. The predicted molar refractivity (Wildman–Crippen MR) is 114 cm³/mol. The van der Waals surface area contributed by atoms with E-state index >= 15 is 0 Å².